The minimum atomic E-state index is -0.318. The summed E-state index contributed by atoms with van der Waals surface area (Å²) in [5.41, 5.74) is 1.41. The number of amides is 2. The molecule has 120 valence electrons. The van der Waals surface area contributed by atoms with E-state index in [0.29, 0.717) is 18.7 Å². The van der Waals surface area contributed by atoms with Gasteiger partial charge in [-0.3, -0.25) is 14.6 Å². The van der Waals surface area contributed by atoms with Crippen molar-refractivity contribution in [2.45, 2.75) is 12.5 Å². The van der Waals surface area contributed by atoms with Crippen LogP contribution in [0.2, 0.25) is 0 Å². The van der Waals surface area contributed by atoms with Gasteiger partial charge < -0.3 is 10.2 Å². The van der Waals surface area contributed by atoms with Crippen LogP contribution in [0.3, 0.4) is 0 Å². The zero-order valence-corrected chi connectivity index (χ0v) is 13.1. The highest BCUT2D eigenvalue weighted by Gasteiger charge is 2.27. The lowest BCUT2D eigenvalue weighted by Crippen LogP contribution is -2.37. The van der Waals surface area contributed by atoms with Crippen LogP contribution < -0.4 is 5.32 Å². The van der Waals surface area contributed by atoms with Crippen molar-refractivity contribution in [2.24, 2.45) is 0 Å². The minimum Gasteiger partial charge on any atom is -0.341 e. The van der Waals surface area contributed by atoms with Crippen LogP contribution in [0.5, 0.6) is 0 Å². The van der Waals surface area contributed by atoms with Crippen molar-refractivity contribution in [3.8, 4) is 11.8 Å². The fraction of sp³-hybridized carbons (Fsp3) is 0.211. The van der Waals surface area contributed by atoms with Crippen molar-refractivity contribution in [3.63, 3.8) is 0 Å². The van der Waals surface area contributed by atoms with E-state index in [9.17, 15) is 9.59 Å². The Bertz CT molecular complexity index is 779. The lowest BCUT2D eigenvalue weighted by molar-refractivity contribution is -0.116. The van der Waals surface area contributed by atoms with Crippen LogP contribution in [0.25, 0.3) is 0 Å². The van der Waals surface area contributed by atoms with Crippen LogP contribution >= 0.6 is 0 Å². The molecule has 1 saturated heterocycles. The Balaban J connectivity index is 1.54. The molecule has 5 heteroatoms. The van der Waals surface area contributed by atoms with E-state index in [-0.39, 0.29) is 17.9 Å². The number of rotatable bonds is 2. The van der Waals surface area contributed by atoms with E-state index in [1.807, 2.05) is 30.3 Å². The molecule has 0 aliphatic carbocycles. The van der Waals surface area contributed by atoms with E-state index < -0.39 is 0 Å². The first-order valence-corrected chi connectivity index (χ1v) is 7.79. The van der Waals surface area contributed by atoms with Gasteiger partial charge in [-0.05, 0) is 30.7 Å². The molecule has 0 bridgehead atoms. The molecule has 1 aromatic heterocycles. The Kier molecular flexibility index (Phi) is 4.87. The molecule has 0 radical (unpaired) electrons. The second kappa shape index (κ2) is 7.42. The highest BCUT2D eigenvalue weighted by Crippen LogP contribution is 2.13. The predicted molar refractivity (Wildman–Crippen MR) is 90.0 cm³/mol. The number of carbonyl (C=O) groups excluding carboxylic acids is 2. The smallest absolute Gasteiger partial charge is 0.296 e. The van der Waals surface area contributed by atoms with Gasteiger partial charge in [-0.1, -0.05) is 24.1 Å². The van der Waals surface area contributed by atoms with Crippen molar-refractivity contribution < 1.29 is 9.59 Å². The highest BCUT2D eigenvalue weighted by atomic mass is 16.2. The summed E-state index contributed by atoms with van der Waals surface area (Å²) in [5.74, 6) is 5.06. The average Bonchev–Trinajstić information content (AvgIpc) is 3.09. The van der Waals surface area contributed by atoms with E-state index in [1.54, 1.807) is 29.4 Å². The van der Waals surface area contributed by atoms with Gasteiger partial charge in [-0.2, -0.15) is 0 Å². The third-order valence-corrected chi connectivity index (χ3v) is 3.83. The van der Waals surface area contributed by atoms with Crippen molar-refractivity contribution in [3.05, 3.63) is 66.0 Å². The second-order valence-electron chi connectivity index (χ2n) is 5.56. The molecule has 1 fully saturated rings. The van der Waals surface area contributed by atoms with Crippen LogP contribution in [-0.2, 0) is 4.79 Å². The highest BCUT2D eigenvalue weighted by molar-refractivity contribution is 5.95. The molecule has 0 unspecified atom stereocenters. The fourth-order valence-electron chi connectivity index (χ4n) is 2.61. The molecule has 1 aromatic carbocycles. The summed E-state index contributed by atoms with van der Waals surface area (Å²) in [6, 6.07) is 12.7. The molecule has 2 amide bonds. The monoisotopic (exact) mass is 319 g/mol. The van der Waals surface area contributed by atoms with Gasteiger partial charge in [-0.15, -0.1) is 0 Å². The van der Waals surface area contributed by atoms with Crippen LogP contribution in [0.1, 0.15) is 22.3 Å². The number of carbonyl (C=O) groups is 2. The van der Waals surface area contributed by atoms with E-state index in [1.165, 1.54) is 0 Å². The van der Waals surface area contributed by atoms with E-state index >= 15 is 0 Å². The van der Waals surface area contributed by atoms with Gasteiger partial charge in [0.05, 0.1) is 0 Å². The number of benzene rings is 1. The van der Waals surface area contributed by atoms with Gasteiger partial charge in [0.2, 0.25) is 0 Å². The number of hydrogen-bond donors (Lipinski definition) is 1. The van der Waals surface area contributed by atoms with Crippen molar-refractivity contribution in [1.29, 1.82) is 0 Å². The number of nitrogens with zero attached hydrogens (tertiary/aromatic N) is 2. The minimum absolute atomic E-state index is 0.0375. The quantitative estimate of drug-likeness (QED) is 0.853. The lowest BCUT2D eigenvalue weighted by atomic mass is 10.2. The van der Waals surface area contributed by atoms with Gasteiger partial charge >= 0.3 is 0 Å². The number of pyridine rings is 1. The summed E-state index contributed by atoms with van der Waals surface area (Å²) in [5, 5.41) is 2.87. The molecular formula is C19H17N3O2. The van der Waals surface area contributed by atoms with E-state index in [4.69, 9.17) is 0 Å². The van der Waals surface area contributed by atoms with Gasteiger partial charge in [-0.25, -0.2) is 0 Å². The predicted octanol–water partition coefficient (Wildman–Crippen LogP) is 1.46. The summed E-state index contributed by atoms with van der Waals surface area (Å²) >= 11 is 0. The Hall–Kier alpha value is -3.13. The first-order valence-electron chi connectivity index (χ1n) is 7.79. The van der Waals surface area contributed by atoms with Crippen LogP contribution in [0, 0.1) is 11.8 Å². The summed E-state index contributed by atoms with van der Waals surface area (Å²) in [4.78, 5) is 29.9. The number of hydrogen-bond acceptors (Lipinski definition) is 3. The van der Waals surface area contributed by atoms with Crippen molar-refractivity contribution >= 4 is 11.8 Å². The van der Waals surface area contributed by atoms with Crippen LogP contribution in [0.4, 0.5) is 0 Å². The molecule has 1 N–H and O–H groups in total. The molecule has 1 atom stereocenters. The molecule has 3 rings (SSSR count). The Morgan fingerprint density at radius 1 is 1.12 bits per heavy atom. The van der Waals surface area contributed by atoms with Crippen molar-refractivity contribution in [2.75, 3.05) is 13.1 Å². The topological polar surface area (TPSA) is 62.3 Å². The SMILES string of the molecule is O=C(C#Cc1ccccc1)N[C@@H]1CCN(C(=O)c2ccncc2)C1. The van der Waals surface area contributed by atoms with Crippen molar-refractivity contribution in [1.82, 2.24) is 15.2 Å². The van der Waals surface area contributed by atoms with E-state index in [2.05, 4.69) is 22.1 Å². The van der Waals surface area contributed by atoms with Crippen LogP contribution in [0.15, 0.2) is 54.9 Å². The maximum atomic E-state index is 12.3. The number of likely N-dealkylation sites (tertiary alicyclic amines) is 1. The second-order valence-corrected chi connectivity index (χ2v) is 5.56. The summed E-state index contributed by atoms with van der Waals surface area (Å²) in [6.07, 6.45) is 3.93. The summed E-state index contributed by atoms with van der Waals surface area (Å²) < 4.78 is 0. The van der Waals surface area contributed by atoms with Gasteiger partial charge in [0.25, 0.3) is 11.8 Å². The number of nitrogens with one attached hydrogen (secondary N) is 1. The zero-order chi connectivity index (χ0) is 16.8. The Morgan fingerprint density at radius 3 is 2.62 bits per heavy atom. The zero-order valence-electron chi connectivity index (χ0n) is 13.1. The summed E-state index contributed by atoms with van der Waals surface area (Å²) in [6.45, 7) is 1.12. The molecular weight excluding hydrogens is 302 g/mol. The Morgan fingerprint density at radius 2 is 1.88 bits per heavy atom. The molecule has 5 nitrogen and oxygen atoms in total. The molecule has 1 aliphatic heterocycles. The third-order valence-electron chi connectivity index (χ3n) is 3.83. The van der Waals surface area contributed by atoms with Gasteiger partial charge in [0.15, 0.2) is 0 Å². The average molecular weight is 319 g/mol. The van der Waals surface area contributed by atoms with Crippen LogP contribution in [-0.4, -0.2) is 40.8 Å². The molecule has 2 heterocycles. The Labute approximate surface area is 140 Å². The number of aromatic nitrogens is 1. The summed E-state index contributed by atoms with van der Waals surface area (Å²) in [7, 11) is 0. The largest absolute Gasteiger partial charge is 0.341 e. The van der Waals surface area contributed by atoms with E-state index in [0.717, 1.165) is 12.0 Å². The lowest BCUT2D eigenvalue weighted by Gasteiger charge is -2.16. The molecule has 0 saturated carbocycles. The van der Waals surface area contributed by atoms with Gasteiger partial charge in [0.1, 0.15) is 0 Å². The molecule has 0 spiro atoms. The maximum absolute atomic E-state index is 12.3. The third kappa shape index (κ3) is 3.99. The van der Waals surface area contributed by atoms with Gasteiger partial charge in [0, 0.05) is 48.6 Å². The molecule has 24 heavy (non-hydrogen) atoms. The standard InChI is InChI=1S/C19H17N3O2/c23-18(7-6-15-4-2-1-3-5-15)21-17-10-13-22(14-17)19(24)16-8-11-20-12-9-16/h1-5,8-9,11-12,17H,10,13-14H2,(H,21,23)/t17-/m1/s1. The molecule has 1 aliphatic rings. The fourth-order valence-corrected chi connectivity index (χ4v) is 2.61. The molecule has 2 aromatic rings. The normalized spacial score (nSPS) is 16.2. The first kappa shape index (κ1) is 15.8. The first-order chi connectivity index (χ1) is 11.7. The maximum Gasteiger partial charge on any atom is 0.296 e.